The average Bonchev–Trinajstić information content (AvgIpc) is 1.88. The number of rotatable bonds is 4. The first-order chi connectivity index (χ1) is 4.70. The topological polar surface area (TPSA) is 61.5 Å². The van der Waals surface area contributed by atoms with Crippen molar-refractivity contribution in [1.82, 2.24) is 0 Å². The quantitative estimate of drug-likeness (QED) is 0.546. The lowest BCUT2D eigenvalue weighted by atomic mass is 10.2. The van der Waals surface area contributed by atoms with Crippen LogP contribution in [0.1, 0.15) is 6.42 Å². The van der Waals surface area contributed by atoms with Gasteiger partial charge >= 0.3 is 5.97 Å². The summed E-state index contributed by atoms with van der Waals surface area (Å²) in [5.41, 5.74) is 5.43. The molecule has 0 fully saturated rings. The standard InChI is InChI=1S/C6H13NO3/c1-9-4-5(7)3-6(8)10-2/h5H,3-4,7H2,1-2H3/t5-/m0/s1. The third-order valence-corrected chi connectivity index (χ3v) is 1.04. The van der Waals surface area contributed by atoms with E-state index < -0.39 is 0 Å². The van der Waals surface area contributed by atoms with E-state index in [1.54, 1.807) is 0 Å². The van der Waals surface area contributed by atoms with Gasteiger partial charge in [0.25, 0.3) is 0 Å². The number of nitrogens with two attached hydrogens (primary N) is 1. The van der Waals surface area contributed by atoms with E-state index in [4.69, 9.17) is 10.5 Å². The highest BCUT2D eigenvalue weighted by atomic mass is 16.5. The van der Waals surface area contributed by atoms with Gasteiger partial charge in [-0.2, -0.15) is 0 Å². The minimum absolute atomic E-state index is 0.213. The summed E-state index contributed by atoms with van der Waals surface area (Å²) in [7, 11) is 2.87. The van der Waals surface area contributed by atoms with Crippen molar-refractivity contribution in [3.63, 3.8) is 0 Å². The highest BCUT2D eigenvalue weighted by Crippen LogP contribution is 1.90. The van der Waals surface area contributed by atoms with Crippen molar-refractivity contribution in [3.8, 4) is 0 Å². The Bertz CT molecular complexity index is 105. The Kier molecular flexibility index (Phi) is 4.88. The van der Waals surface area contributed by atoms with Gasteiger partial charge in [-0.3, -0.25) is 4.79 Å². The molecule has 0 aromatic heterocycles. The van der Waals surface area contributed by atoms with Crippen LogP contribution in [0, 0.1) is 0 Å². The molecule has 0 radical (unpaired) electrons. The Morgan fingerprint density at radius 3 is 2.60 bits per heavy atom. The largest absolute Gasteiger partial charge is 0.469 e. The van der Waals surface area contributed by atoms with Gasteiger partial charge < -0.3 is 15.2 Å². The SMILES string of the molecule is COC[C@@H](N)CC(=O)OC. The van der Waals surface area contributed by atoms with Gasteiger partial charge in [-0.05, 0) is 0 Å². The first kappa shape index (κ1) is 9.39. The normalized spacial score (nSPS) is 12.7. The highest BCUT2D eigenvalue weighted by Gasteiger charge is 2.07. The summed E-state index contributed by atoms with van der Waals surface area (Å²) >= 11 is 0. The maximum Gasteiger partial charge on any atom is 0.307 e. The molecular formula is C6H13NO3. The molecule has 0 saturated carbocycles. The smallest absolute Gasteiger partial charge is 0.307 e. The molecule has 2 N–H and O–H groups in total. The van der Waals surface area contributed by atoms with Crippen molar-refractivity contribution < 1.29 is 14.3 Å². The highest BCUT2D eigenvalue weighted by molar-refractivity contribution is 5.69. The van der Waals surface area contributed by atoms with Crippen molar-refractivity contribution in [2.75, 3.05) is 20.8 Å². The number of ether oxygens (including phenoxy) is 2. The molecule has 10 heavy (non-hydrogen) atoms. The minimum atomic E-state index is -0.301. The van der Waals surface area contributed by atoms with Gasteiger partial charge in [-0.25, -0.2) is 0 Å². The number of methoxy groups -OCH3 is 2. The Balaban J connectivity index is 3.37. The minimum Gasteiger partial charge on any atom is -0.469 e. The van der Waals surface area contributed by atoms with Crippen LogP contribution >= 0.6 is 0 Å². The third kappa shape index (κ3) is 4.29. The van der Waals surface area contributed by atoms with Gasteiger partial charge in [0.1, 0.15) is 0 Å². The lowest BCUT2D eigenvalue weighted by Crippen LogP contribution is -2.28. The molecule has 0 rings (SSSR count). The molecule has 0 saturated heterocycles. The van der Waals surface area contributed by atoms with Crippen LogP contribution in [0.4, 0.5) is 0 Å². The maximum atomic E-state index is 10.5. The molecule has 0 amide bonds. The first-order valence-corrected chi connectivity index (χ1v) is 3.02. The van der Waals surface area contributed by atoms with Gasteiger partial charge in [-0.15, -0.1) is 0 Å². The number of carbonyl (C=O) groups is 1. The Hall–Kier alpha value is -0.610. The molecular weight excluding hydrogens is 134 g/mol. The van der Waals surface area contributed by atoms with E-state index in [-0.39, 0.29) is 18.4 Å². The molecule has 0 aliphatic carbocycles. The third-order valence-electron chi connectivity index (χ3n) is 1.04. The van der Waals surface area contributed by atoms with E-state index in [0.717, 1.165) is 0 Å². The van der Waals surface area contributed by atoms with Crippen LogP contribution < -0.4 is 5.73 Å². The zero-order chi connectivity index (χ0) is 7.98. The first-order valence-electron chi connectivity index (χ1n) is 3.02. The Morgan fingerprint density at radius 2 is 2.20 bits per heavy atom. The van der Waals surface area contributed by atoms with Gasteiger partial charge in [0.2, 0.25) is 0 Å². The molecule has 0 heterocycles. The van der Waals surface area contributed by atoms with Crippen LogP contribution in [-0.4, -0.2) is 32.8 Å². The van der Waals surface area contributed by atoms with Crippen molar-refractivity contribution >= 4 is 5.97 Å². The van der Waals surface area contributed by atoms with Gasteiger partial charge in [0.15, 0.2) is 0 Å². The van der Waals surface area contributed by atoms with E-state index in [1.807, 2.05) is 0 Å². The lowest BCUT2D eigenvalue weighted by Gasteiger charge is -2.07. The number of esters is 1. The van der Waals surface area contributed by atoms with Crippen molar-refractivity contribution in [1.29, 1.82) is 0 Å². The lowest BCUT2D eigenvalue weighted by molar-refractivity contribution is -0.141. The van der Waals surface area contributed by atoms with Crippen molar-refractivity contribution in [3.05, 3.63) is 0 Å². The van der Waals surface area contributed by atoms with Crippen LogP contribution in [0.15, 0.2) is 0 Å². The summed E-state index contributed by atoms with van der Waals surface area (Å²) in [6.45, 7) is 0.384. The van der Waals surface area contributed by atoms with E-state index in [0.29, 0.717) is 6.61 Å². The monoisotopic (exact) mass is 147 g/mol. The number of hydrogen-bond donors (Lipinski definition) is 1. The average molecular weight is 147 g/mol. The summed E-state index contributed by atoms with van der Waals surface area (Å²) in [4.78, 5) is 10.5. The predicted octanol–water partition coefficient (Wildman–Crippen LogP) is -0.477. The fourth-order valence-corrected chi connectivity index (χ4v) is 0.570. The second-order valence-electron chi connectivity index (χ2n) is 2.00. The molecule has 0 aliphatic heterocycles. The molecule has 4 nitrogen and oxygen atoms in total. The van der Waals surface area contributed by atoms with Gasteiger partial charge in [0, 0.05) is 13.2 Å². The number of hydrogen-bond acceptors (Lipinski definition) is 4. The van der Waals surface area contributed by atoms with Crippen LogP contribution in [0.3, 0.4) is 0 Å². The maximum absolute atomic E-state index is 10.5. The van der Waals surface area contributed by atoms with E-state index in [1.165, 1.54) is 14.2 Å². The van der Waals surface area contributed by atoms with Crippen LogP contribution in [0.25, 0.3) is 0 Å². The van der Waals surface area contributed by atoms with Crippen LogP contribution in [0.5, 0.6) is 0 Å². The van der Waals surface area contributed by atoms with Gasteiger partial charge in [0.05, 0.1) is 20.1 Å². The summed E-state index contributed by atoms with van der Waals surface area (Å²) in [6.07, 6.45) is 0.213. The fraction of sp³-hybridized carbons (Fsp3) is 0.833. The molecule has 60 valence electrons. The predicted molar refractivity (Wildman–Crippen MR) is 36.5 cm³/mol. The fourth-order valence-electron chi connectivity index (χ4n) is 0.570. The van der Waals surface area contributed by atoms with Crippen molar-refractivity contribution in [2.45, 2.75) is 12.5 Å². The van der Waals surface area contributed by atoms with Gasteiger partial charge in [-0.1, -0.05) is 0 Å². The second kappa shape index (κ2) is 5.20. The van der Waals surface area contributed by atoms with Crippen LogP contribution in [-0.2, 0) is 14.3 Å². The Labute approximate surface area is 60.3 Å². The van der Waals surface area contributed by atoms with Crippen molar-refractivity contribution in [2.24, 2.45) is 5.73 Å². The molecule has 0 aromatic carbocycles. The molecule has 0 spiro atoms. The second-order valence-corrected chi connectivity index (χ2v) is 2.00. The summed E-state index contributed by atoms with van der Waals surface area (Å²) < 4.78 is 9.11. The molecule has 0 aliphatic rings. The molecule has 0 unspecified atom stereocenters. The zero-order valence-electron chi connectivity index (χ0n) is 6.29. The van der Waals surface area contributed by atoms with E-state index in [2.05, 4.69) is 4.74 Å². The molecule has 0 bridgehead atoms. The summed E-state index contributed by atoms with van der Waals surface area (Å²) in [6, 6.07) is -0.252. The number of carbonyl (C=O) groups excluding carboxylic acids is 1. The molecule has 1 atom stereocenters. The van der Waals surface area contributed by atoms with E-state index >= 15 is 0 Å². The molecule has 0 aromatic rings. The zero-order valence-corrected chi connectivity index (χ0v) is 6.29. The van der Waals surface area contributed by atoms with E-state index in [9.17, 15) is 4.79 Å². The Morgan fingerprint density at radius 1 is 1.60 bits per heavy atom. The molecule has 4 heteroatoms. The summed E-state index contributed by atoms with van der Waals surface area (Å²) in [5.74, 6) is -0.301. The van der Waals surface area contributed by atoms with Crippen LogP contribution in [0.2, 0.25) is 0 Å². The summed E-state index contributed by atoms with van der Waals surface area (Å²) in [5, 5.41) is 0.